The molecule has 0 saturated heterocycles. The summed E-state index contributed by atoms with van der Waals surface area (Å²) < 4.78 is 15.7. The zero-order chi connectivity index (χ0) is 10.7. The van der Waals surface area contributed by atoms with E-state index in [1.807, 2.05) is 18.2 Å². The third kappa shape index (κ3) is 1.97. The van der Waals surface area contributed by atoms with Gasteiger partial charge in [-0.25, -0.2) is 0 Å². The van der Waals surface area contributed by atoms with Gasteiger partial charge in [0.1, 0.15) is 18.5 Å². The highest BCUT2D eigenvalue weighted by molar-refractivity contribution is 5.53. The van der Waals surface area contributed by atoms with Crippen LogP contribution in [0.5, 0.6) is 0 Å². The molecule has 1 unspecified atom stereocenters. The van der Waals surface area contributed by atoms with E-state index < -0.39 is 0 Å². The van der Waals surface area contributed by atoms with Crippen LogP contribution >= 0.6 is 0 Å². The number of ether oxygens (including phenoxy) is 3. The second-order valence-corrected chi connectivity index (χ2v) is 3.35. The maximum Gasteiger partial charge on any atom is 0.188 e. The van der Waals surface area contributed by atoms with Crippen LogP contribution in [0.2, 0.25) is 0 Å². The normalized spacial score (nSPS) is 24.1. The molecule has 2 rings (SSSR count). The van der Waals surface area contributed by atoms with Crippen LogP contribution in [0.4, 0.5) is 0 Å². The summed E-state index contributed by atoms with van der Waals surface area (Å²) in [6.45, 7) is 0.591. The van der Waals surface area contributed by atoms with Crippen molar-refractivity contribution >= 4 is 0 Å². The van der Waals surface area contributed by atoms with Crippen molar-refractivity contribution < 1.29 is 19.3 Å². The molecule has 0 saturated carbocycles. The third-order valence-corrected chi connectivity index (χ3v) is 2.43. The first-order chi connectivity index (χ1) is 7.36. The largest absolute Gasteiger partial charge is 0.469 e. The summed E-state index contributed by atoms with van der Waals surface area (Å²) in [5, 5.41) is 9.12. The number of rotatable bonds is 4. The van der Waals surface area contributed by atoms with Gasteiger partial charge in [0, 0.05) is 12.7 Å². The minimum Gasteiger partial charge on any atom is -0.469 e. The SMILES string of the molecule is COCOC1=C2C=CC=C2C(CO)OC1. The quantitative estimate of drug-likeness (QED) is 0.695. The van der Waals surface area contributed by atoms with Crippen molar-refractivity contribution in [1.82, 2.24) is 0 Å². The molecule has 0 aromatic heterocycles. The van der Waals surface area contributed by atoms with Crippen LogP contribution in [0.15, 0.2) is 35.1 Å². The molecule has 1 N–H and O–H groups in total. The Morgan fingerprint density at radius 3 is 3.20 bits per heavy atom. The van der Waals surface area contributed by atoms with Gasteiger partial charge >= 0.3 is 0 Å². The Hall–Kier alpha value is -1.10. The fourth-order valence-electron chi connectivity index (χ4n) is 1.71. The van der Waals surface area contributed by atoms with Crippen molar-refractivity contribution in [1.29, 1.82) is 0 Å². The lowest BCUT2D eigenvalue weighted by molar-refractivity contribution is -0.0332. The van der Waals surface area contributed by atoms with Crippen LogP contribution in [0.1, 0.15) is 0 Å². The second-order valence-electron chi connectivity index (χ2n) is 3.35. The Balaban J connectivity index is 2.17. The monoisotopic (exact) mass is 210 g/mol. The molecule has 0 aromatic carbocycles. The average Bonchev–Trinajstić information content (AvgIpc) is 2.74. The number of fused-ring (bicyclic) bond motifs is 1. The van der Waals surface area contributed by atoms with Crippen molar-refractivity contribution in [3.63, 3.8) is 0 Å². The highest BCUT2D eigenvalue weighted by Crippen LogP contribution is 2.31. The molecule has 0 spiro atoms. The molecule has 0 radical (unpaired) electrons. The minimum atomic E-state index is -0.232. The summed E-state index contributed by atoms with van der Waals surface area (Å²) in [7, 11) is 1.58. The fourth-order valence-corrected chi connectivity index (χ4v) is 1.71. The standard InChI is InChI=1S/C11H14O4/c1-13-7-15-11-6-14-10(5-12)8-3-2-4-9(8)11/h2-4,10,12H,5-7H2,1H3. The van der Waals surface area contributed by atoms with Gasteiger partial charge in [0.25, 0.3) is 0 Å². The van der Waals surface area contributed by atoms with E-state index in [-0.39, 0.29) is 19.5 Å². The zero-order valence-electron chi connectivity index (χ0n) is 8.60. The molecule has 1 aliphatic heterocycles. The molecule has 0 amide bonds. The highest BCUT2D eigenvalue weighted by atomic mass is 16.7. The Kier molecular flexibility index (Phi) is 3.20. The van der Waals surface area contributed by atoms with Crippen molar-refractivity contribution in [3.05, 3.63) is 35.1 Å². The van der Waals surface area contributed by atoms with E-state index in [0.29, 0.717) is 6.61 Å². The van der Waals surface area contributed by atoms with Crippen LogP contribution in [-0.4, -0.2) is 38.3 Å². The van der Waals surface area contributed by atoms with Gasteiger partial charge in [-0.05, 0) is 5.57 Å². The predicted molar refractivity (Wildman–Crippen MR) is 54.0 cm³/mol. The Morgan fingerprint density at radius 2 is 2.47 bits per heavy atom. The van der Waals surface area contributed by atoms with E-state index in [4.69, 9.17) is 19.3 Å². The molecule has 0 bridgehead atoms. The molecule has 4 heteroatoms. The van der Waals surface area contributed by atoms with Gasteiger partial charge in [-0.1, -0.05) is 18.2 Å². The first kappa shape index (κ1) is 10.4. The predicted octanol–water partition coefficient (Wildman–Crippen LogP) is 0.748. The number of hydrogen-bond acceptors (Lipinski definition) is 4. The molecular weight excluding hydrogens is 196 g/mol. The van der Waals surface area contributed by atoms with E-state index >= 15 is 0 Å². The summed E-state index contributed by atoms with van der Waals surface area (Å²) in [4.78, 5) is 0. The number of allylic oxidation sites excluding steroid dienone is 3. The van der Waals surface area contributed by atoms with Crippen LogP contribution in [0.3, 0.4) is 0 Å². The number of aliphatic hydroxyl groups excluding tert-OH is 1. The summed E-state index contributed by atoms with van der Waals surface area (Å²) in [5.74, 6) is 0.765. The lowest BCUT2D eigenvalue weighted by atomic mass is 10.0. The van der Waals surface area contributed by atoms with Crippen LogP contribution in [0.25, 0.3) is 0 Å². The van der Waals surface area contributed by atoms with Gasteiger partial charge in [-0.3, -0.25) is 0 Å². The maximum absolute atomic E-state index is 9.12. The Bertz CT molecular complexity index is 327. The van der Waals surface area contributed by atoms with Crippen molar-refractivity contribution in [2.45, 2.75) is 6.10 Å². The van der Waals surface area contributed by atoms with Gasteiger partial charge in [-0.2, -0.15) is 0 Å². The van der Waals surface area contributed by atoms with Gasteiger partial charge in [0.2, 0.25) is 0 Å². The average molecular weight is 210 g/mol. The molecule has 0 fully saturated rings. The smallest absolute Gasteiger partial charge is 0.188 e. The van der Waals surface area contributed by atoms with Crippen LogP contribution in [0, 0.1) is 0 Å². The van der Waals surface area contributed by atoms with Gasteiger partial charge in [0.15, 0.2) is 6.79 Å². The molecule has 82 valence electrons. The summed E-state index contributed by atoms with van der Waals surface area (Å²) in [6, 6.07) is 0. The summed E-state index contributed by atoms with van der Waals surface area (Å²) >= 11 is 0. The minimum absolute atomic E-state index is 0.00539. The molecule has 4 nitrogen and oxygen atoms in total. The highest BCUT2D eigenvalue weighted by Gasteiger charge is 2.27. The third-order valence-electron chi connectivity index (χ3n) is 2.43. The number of methoxy groups -OCH3 is 1. The van der Waals surface area contributed by atoms with Crippen molar-refractivity contribution in [2.75, 3.05) is 27.1 Å². The summed E-state index contributed by atoms with van der Waals surface area (Å²) in [6.07, 6.45) is 5.60. The Morgan fingerprint density at radius 1 is 1.60 bits per heavy atom. The molecule has 1 heterocycles. The first-order valence-electron chi connectivity index (χ1n) is 4.82. The van der Waals surface area contributed by atoms with E-state index in [2.05, 4.69) is 0 Å². The van der Waals surface area contributed by atoms with Gasteiger partial charge in [0.05, 0.1) is 6.61 Å². The Labute approximate surface area is 88.4 Å². The lowest BCUT2D eigenvalue weighted by Crippen LogP contribution is -2.27. The lowest BCUT2D eigenvalue weighted by Gasteiger charge is -2.26. The van der Waals surface area contributed by atoms with Gasteiger partial charge < -0.3 is 19.3 Å². The maximum atomic E-state index is 9.12. The first-order valence-corrected chi connectivity index (χ1v) is 4.82. The van der Waals surface area contributed by atoms with Gasteiger partial charge in [-0.15, -0.1) is 0 Å². The van der Waals surface area contributed by atoms with Crippen LogP contribution in [-0.2, 0) is 14.2 Å². The van der Waals surface area contributed by atoms with E-state index in [1.54, 1.807) is 7.11 Å². The number of hydrogen-bond donors (Lipinski definition) is 1. The molecule has 0 aromatic rings. The zero-order valence-corrected chi connectivity index (χ0v) is 8.60. The van der Waals surface area contributed by atoms with Crippen LogP contribution < -0.4 is 0 Å². The van der Waals surface area contributed by atoms with Crippen molar-refractivity contribution in [3.8, 4) is 0 Å². The van der Waals surface area contributed by atoms with Crippen molar-refractivity contribution in [2.24, 2.45) is 0 Å². The van der Waals surface area contributed by atoms with E-state index in [1.165, 1.54) is 0 Å². The molecule has 1 aliphatic carbocycles. The molecule has 15 heavy (non-hydrogen) atoms. The fraction of sp³-hybridized carbons (Fsp3) is 0.455. The molecule has 2 aliphatic rings. The number of aliphatic hydroxyl groups is 1. The second kappa shape index (κ2) is 4.61. The molecule has 1 atom stereocenters. The topological polar surface area (TPSA) is 47.9 Å². The molecular formula is C11H14O4. The summed E-state index contributed by atoms with van der Waals surface area (Å²) in [5.41, 5.74) is 1.99. The van der Waals surface area contributed by atoms with E-state index in [9.17, 15) is 0 Å². The van der Waals surface area contributed by atoms with E-state index in [0.717, 1.165) is 16.9 Å².